The van der Waals surface area contributed by atoms with Crippen molar-refractivity contribution < 1.29 is 5.11 Å². The number of benzene rings is 1. The summed E-state index contributed by atoms with van der Waals surface area (Å²) in [5.41, 5.74) is 1.05. The van der Waals surface area contributed by atoms with Crippen molar-refractivity contribution in [2.24, 2.45) is 11.8 Å². The van der Waals surface area contributed by atoms with Crippen LogP contribution in [0.15, 0.2) is 18.2 Å². The molecule has 0 aromatic heterocycles. The summed E-state index contributed by atoms with van der Waals surface area (Å²) in [7, 11) is 0. The van der Waals surface area contributed by atoms with E-state index in [0.717, 1.165) is 12.0 Å². The smallest absolute Gasteiger partial charge is 0.0464 e. The van der Waals surface area contributed by atoms with Gasteiger partial charge in [-0.25, -0.2) is 0 Å². The molecule has 0 amide bonds. The SMILES string of the molecule is CC(C)C(CO)Cc1ccc(Cl)cc1Cl. The van der Waals surface area contributed by atoms with Crippen LogP contribution in [0.2, 0.25) is 10.0 Å². The zero-order valence-corrected chi connectivity index (χ0v) is 10.5. The lowest BCUT2D eigenvalue weighted by Gasteiger charge is -2.18. The Labute approximate surface area is 101 Å². The molecule has 1 nitrogen and oxygen atoms in total. The van der Waals surface area contributed by atoms with Gasteiger partial charge in [0, 0.05) is 16.7 Å². The van der Waals surface area contributed by atoms with E-state index in [1.54, 1.807) is 6.07 Å². The van der Waals surface area contributed by atoms with Gasteiger partial charge in [0.2, 0.25) is 0 Å². The van der Waals surface area contributed by atoms with E-state index in [9.17, 15) is 5.11 Å². The number of hydrogen-bond acceptors (Lipinski definition) is 1. The van der Waals surface area contributed by atoms with Gasteiger partial charge < -0.3 is 5.11 Å². The van der Waals surface area contributed by atoms with Crippen molar-refractivity contribution >= 4 is 23.2 Å². The maximum absolute atomic E-state index is 9.23. The van der Waals surface area contributed by atoms with Crippen molar-refractivity contribution in [3.8, 4) is 0 Å². The van der Waals surface area contributed by atoms with E-state index in [1.165, 1.54) is 0 Å². The van der Waals surface area contributed by atoms with Crippen molar-refractivity contribution in [2.75, 3.05) is 6.61 Å². The van der Waals surface area contributed by atoms with Crippen molar-refractivity contribution in [3.05, 3.63) is 33.8 Å². The summed E-state index contributed by atoms with van der Waals surface area (Å²) in [5, 5.41) is 10.6. The maximum Gasteiger partial charge on any atom is 0.0464 e. The van der Waals surface area contributed by atoms with Crippen molar-refractivity contribution in [2.45, 2.75) is 20.3 Å². The Morgan fingerprint density at radius 2 is 1.93 bits per heavy atom. The van der Waals surface area contributed by atoms with Crippen LogP contribution in [0.4, 0.5) is 0 Å². The minimum atomic E-state index is 0.191. The van der Waals surface area contributed by atoms with Crippen molar-refractivity contribution in [3.63, 3.8) is 0 Å². The highest BCUT2D eigenvalue weighted by Gasteiger charge is 2.14. The Balaban J connectivity index is 2.79. The number of aliphatic hydroxyl groups is 1. The van der Waals surface area contributed by atoms with Gasteiger partial charge in [0.05, 0.1) is 0 Å². The number of halogens is 2. The third-order valence-electron chi connectivity index (χ3n) is 2.67. The van der Waals surface area contributed by atoms with Gasteiger partial charge in [-0.15, -0.1) is 0 Å². The molecule has 15 heavy (non-hydrogen) atoms. The van der Waals surface area contributed by atoms with E-state index in [2.05, 4.69) is 13.8 Å². The van der Waals surface area contributed by atoms with Crippen LogP contribution in [0.5, 0.6) is 0 Å². The molecule has 1 unspecified atom stereocenters. The Morgan fingerprint density at radius 3 is 2.40 bits per heavy atom. The molecule has 0 spiro atoms. The van der Waals surface area contributed by atoms with Crippen LogP contribution in [0, 0.1) is 11.8 Å². The molecule has 84 valence electrons. The van der Waals surface area contributed by atoms with Crippen LogP contribution < -0.4 is 0 Å². The Hall–Kier alpha value is -0.240. The Bertz CT molecular complexity index is 323. The molecule has 0 aliphatic carbocycles. The summed E-state index contributed by atoms with van der Waals surface area (Å²) in [6.45, 7) is 4.39. The second kappa shape index (κ2) is 5.74. The van der Waals surface area contributed by atoms with Gasteiger partial charge in [-0.05, 0) is 36.0 Å². The van der Waals surface area contributed by atoms with E-state index in [1.807, 2.05) is 12.1 Å². The van der Waals surface area contributed by atoms with Crippen LogP contribution in [0.25, 0.3) is 0 Å². The summed E-state index contributed by atoms with van der Waals surface area (Å²) in [5.74, 6) is 0.699. The minimum absolute atomic E-state index is 0.191. The molecule has 1 aromatic rings. The lowest BCUT2D eigenvalue weighted by Crippen LogP contribution is -2.16. The van der Waals surface area contributed by atoms with Gasteiger partial charge >= 0.3 is 0 Å². The predicted molar refractivity (Wildman–Crippen MR) is 65.6 cm³/mol. The standard InChI is InChI=1S/C12H16Cl2O/c1-8(2)10(7-15)5-9-3-4-11(13)6-12(9)14/h3-4,6,8,10,15H,5,7H2,1-2H3. The normalized spacial score (nSPS) is 13.2. The van der Waals surface area contributed by atoms with Crippen molar-refractivity contribution in [1.82, 2.24) is 0 Å². The zero-order chi connectivity index (χ0) is 11.4. The summed E-state index contributed by atoms with van der Waals surface area (Å²) in [4.78, 5) is 0. The van der Waals surface area contributed by atoms with Crippen molar-refractivity contribution in [1.29, 1.82) is 0 Å². The van der Waals surface area contributed by atoms with Crippen LogP contribution in [0.3, 0.4) is 0 Å². The van der Waals surface area contributed by atoms with Gasteiger partial charge in [-0.2, -0.15) is 0 Å². The maximum atomic E-state index is 9.23. The average molecular weight is 247 g/mol. The Kier molecular flexibility index (Phi) is 4.91. The first-order chi connectivity index (χ1) is 7.04. The number of aliphatic hydroxyl groups excluding tert-OH is 1. The molecule has 1 atom stereocenters. The third-order valence-corrected chi connectivity index (χ3v) is 3.26. The molecule has 3 heteroatoms. The summed E-state index contributed by atoms with van der Waals surface area (Å²) in [6.07, 6.45) is 0.796. The largest absolute Gasteiger partial charge is 0.396 e. The topological polar surface area (TPSA) is 20.2 Å². The first-order valence-corrected chi connectivity index (χ1v) is 5.85. The molecule has 1 rings (SSSR count). The van der Waals surface area contributed by atoms with Crippen LogP contribution in [0.1, 0.15) is 19.4 Å². The molecule has 1 N–H and O–H groups in total. The van der Waals surface area contributed by atoms with E-state index >= 15 is 0 Å². The quantitative estimate of drug-likeness (QED) is 0.857. The first kappa shape index (κ1) is 12.8. The van der Waals surface area contributed by atoms with E-state index < -0.39 is 0 Å². The highest BCUT2D eigenvalue weighted by atomic mass is 35.5. The molecule has 0 aliphatic heterocycles. The van der Waals surface area contributed by atoms with Gasteiger partial charge in [0.1, 0.15) is 0 Å². The number of rotatable bonds is 4. The van der Waals surface area contributed by atoms with Crippen LogP contribution in [-0.2, 0) is 6.42 Å². The Morgan fingerprint density at radius 1 is 1.27 bits per heavy atom. The van der Waals surface area contributed by atoms with Crippen LogP contribution in [-0.4, -0.2) is 11.7 Å². The third kappa shape index (κ3) is 3.67. The molecule has 0 aliphatic rings. The second-order valence-electron chi connectivity index (χ2n) is 4.13. The monoisotopic (exact) mass is 246 g/mol. The van der Waals surface area contributed by atoms with Gasteiger partial charge in [-0.3, -0.25) is 0 Å². The predicted octanol–water partition coefficient (Wildman–Crippen LogP) is 3.80. The molecule has 0 saturated heterocycles. The van der Waals surface area contributed by atoms with Gasteiger partial charge in [-0.1, -0.05) is 43.1 Å². The summed E-state index contributed by atoms with van der Waals surface area (Å²) < 4.78 is 0. The lowest BCUT2D eigenvalue weighted by atomic mass is 9.90. The molecular weight excluding hydrogens is 231 g/mol. The molecule has 0 radical (unpaired) electrons. The van der Waals surface area contributed by atoms with Gasteiger partial charge in [0.15, 0.2) is 0 Å². The first-order valence-electron chi connectivity index (χ1n) is 5.09. The van der Waals surface area contributed by atoms with Gasteiger partial charge in [0.25, 0.3) is 0 Å². The van der Waals surface area contributed by atoms with E-state index in [4.69, 9.17) is 23.2 Å². The van der Waals surface area contributed by atoms with E-state index in [-0.39, 0.29) is 12.5 Å². The fourth-order valence-electron chi connectivity index (χ4n) is 1.48. The fourth-order valence-corrected chi connectivity index (χ4v) is 1.97. The highest BCUT2D eigenvalue weighted by Crippen LogP contribution is 2.25. The molecule has 0 bridgehead atoms. The number of hydrogen-bond donors (Lipinski definition) is 1. The van der Waals surface area contributed by atoms with E-state index in [0.29, 0.717) is 16.0 Å². The lowest BCUT2D eigenvalue weighted by molar-refractivity contribution is 0.189. The highest BCUT2D eigenvalue weighted by molar-refractivity contribution is 6.35. The summed E-state index contributed by atoms with van der Waals surface area (Å²) >= 11 is 11.9. The fraction of sp³-hybridized carbons (Fsp3) is 0.500. The molecule has 0 fully saturated rings. The summed E-state index contributed by atoms with van der Waals surface area (Å²) in [6, 6.07) is 5.50. The molecular formula is C12H16Cl2O. The minimum Gasteiger partial charge on any atom is -0.396 e. The van der Waals surface area contributed by atoms with Crippen LogP contribution >= 0.6 is 23.2 Å². The molecule has 0 heterocycles. The average Bonchev–Trinajstić information content (AvgIpc) is 2.16. The molecule has 0 saturated carbocycles. The second-order valence-corrected chi connectivity index (χ2v) is 4.97. The molecule has 1 aromatic carbocycles. The zero-order valence-electron chi connectivity index (χ0n) is 9.00.